The molecule has 102 valence electrons. The third kappa shape index (κ3) is 2.02. The third-order valence-electron chi connectivity index (χ3n) is 4.33. The van der Waals surface area contributed by atoms with Crippen LogP contribution in [0.15, 0.2) is 0 Å². The highest BCUT2D eigenvalue weighted by Gasteiger charge is 2.53. The SMILES string of the molecule is CCC(C)N(C)C(=O)C1CSC2(C)CCC(=O)N12. The molecular formula is C13H22N2O2S. The largest absolute Gasteiger partial charge is 0.341 e. The van der Waals surface area contributed by atoms with E-state index in [0.29, 0.717) is 6.42 Å². The van der Waals surface area contributed by atoms with Gasteiger partial charge in [0.15, 0.2) is 0 Å². The van der Waals surface area contributed by atoms with Crippen molar-refractivity contribution < 1.29 is 9.59 Å². The van der Waals surface area contributed by atoms with E-state index in [-0.39, 0.29) is 28.8 Å². The van der Waals surface area contributed by atoms with Crippen molar-refractivity contribution in [2.24, 2.45) is 0 Å². The molecule has 18 heavy (non-hydrogen) atoms. The van der Waals surface area contributed by atoms with E-state index in [4.69, 9.17) is 0 Å². The van der Waals surface area contributed by atoms with Crippen LogP contribution >= 0.6 is 11.8 Å². The fourth-order valence-corrected chi connectivity index (χ4v) is 4.15. The predicted molar refractivity (Wildman–Crippen MR) is 73.3 cm³/mol. The number of carbonyl (C=O) groups is 2. The summed E-state index contributed by atoms with van der Waals surface area (Å²) in [4.78, 5) is 28.0. The highest BCUT2D eigenvalue weighted by molar-refractivity contribution is 8.01. The molecule has 0 saturated carbocycles. The maximum Gasteiger partial charge on any atom is 0.246 e. The van der Waals surface area contributed by atoms with Crippen molar-refractivity contribution in [2.45, 2.75) is 57.0 Å². The van der Waals surface area contributed by atoms with Crippen LogP contribution in [-0.4, -0.2) is 51.4 Å². The minimum absolute atomic E-state index is 0.0934. The average molecular weight is 270 g/mol. The number of hydrogen-bond donors (Lipinski definition) is 0. The Kier molecular flexibility index (Phi) is 3.63. The summed E-state index contributed by atoms with van der Waals surface area (Å²) >= 11 is 1.75. The van der Waals surface area contributed by atoms with Gasteiger partial charge >= 0.3 is 0 Å². The number of rotatable bonds is 3. The van der Waals surface area contributed by atoms with Crippen molar-refractivity contribution in [3.8, 4) is 0 Å². The normalized spacial score (nSPS) is 32.6. The molecule has 2 aliphatic rings. The molecule has 2 saturated heterocycles. The molecule has 0 N–H and O–H groups in total. The molecule has 2 heterocycles. The summed E-state index contributed by atoms with van der Waals surface area (Å²) in [5.74, 6) is 0.969. The van der Waals surface area contributed by atoms with Gasteiger partial charge in [0.1, 0.15) is 6.04 Å². The topological polar surface area (TPSA) is 40.6 Å². The van der Waals surface area contributed by atoms with Crippen molar-refractivity contribution in [1.82, 2.24) is 9.80 Å². The summed E-state index contributed by atoms with van der Waals surface area (Å²) in [7, 11) is 1.84. The Labute approximate surface area is 113 Å². The second-order valence-electron chi connectivity index (χ2n) is 5.47. The number of amides is 2. The fourth-order valence-electron chi connectivity index (χ4n) is 2.73. The second kappa shape index (κ2) is 4.76. The van der Waals surface area contributed by atoms with Crippen molar-refractivity contribution in [1.29, 1.82) is 0 Å². The quantitative estimate of drug-likeness (QED) is 0.783. The van der Waals surface area contributed by atoms with Crippen LogP contribution in [0.1, 0.15) is 40.0 Å². The molecule has 2 amide bonds. The van der Waals surface area contributed by atoms with Crippen LogP contribution in [0, 0.1) is 0 Å². The highest BCUT2D eigenvalue weighted by Crippen LogP contribution is 2.47. The van der Waals surface area contributed by atoms with Crippen LogP contribution in [-0.2, 0) is 9.59 Å². The maximum absolute atomic E-state index is 12.5. The maximum atomic E-state index is 12.5. The fraction of sp³-hybridized carbons (Fsp3) is 0.846. The van der Waals surface area contributed by atoms with Gasteiger partial charge in [-0.1, -0.05) is 6.92 Å². The minimum Gasteiger partial charge on any atom is -0.341 e. The summed E-state index contributed by atoms with van der Waals surface area (Å²) in [6.07, 6.45) is 2.39. The van der Waals surface area contributed by atoms with Crippen LogP contribution in [0.3, 0.4) is 0 Å². The molecule has 0 aromatic rings. The Hall–Kier alpha value is -0.710. The summed E-state index contributed by atoms with van der Waals surface area (Å²) < 4.78 is 0. The van der Waals surface area contributed by atoms with Crippen molar-refractivity contribution in [3.05, 3.63) is 0 Å². The summed E-state index contributed by atoms with van der Waals surface area (Å²) in [6, 6.07) is -0.0268. The molecule has 0 bridgehead atoms. The summed E-state index contributed by atoms with van der Waals surface area (Å²) in [5, 5.41) is 0. The van der Waals surface area contributed by atoms with E-state index in [1.165, 1.54) is 0 Å². The van der Waals surface area contributed by atoms with E-state index < -0.39 is 0 Å². The van der Waals surface area contributed by atoms with Crippen LogP contribution < -0.4 is 0 Å². The van der Waals surface area contributed by atoms with Gasteiger partial charge in [0.05, 0.1) is 4.87 Å². The zero-order chi connectivity index (χ0) is 13.5. The zero-order valence-corrected chi connectivity index (χ0v) is 12.4. The molecule has 0 radical (unpaired) electrons. The van der Waals surface area contributed by atoms with Crippen molar-refractivity contribution in [2.75, 3.05) is 12.8 Å². The predicted octanol–water partition coefficient (Wildman–Crippen LogP) is 1.70. The Morgan fingerprint density at radius 3 is 2.94 bits per heavy atom. The first kappa shape index (κ1) is 13.7. The molecule has 2 rings (SSSR count). The van der Waals surface area contributed by atoms with Gasteiger partial charge in [-0.3, -0.25) is 9.59 Å². The molecular weight excluding hydrogens is 248 g/mol. The number of thioether (sulfide) groups is 1. The third-order valence-corrected chi connectivity index (χ3v) is 5.83. The van der Waals surface area contributed by atoms with Crippen LogP contribution in [0.4, 0.5) is 0 Å². The van der Waals surface area contributed by atoms with Crippen LogP contribution in [0.5, 0.6) is 0 Å². The summed E-state index contributed by atoms with van der Waals surface area (Å²) in [6.45, 7) is 6.20. The molecule has 3 atom stereocenters. The molecule has 0 spiro atoms. The monoisotopic (exact) mass is 270 g/mol. The lowest BCUT2D eigenvalue weighted by atomic mass is 10.1. The van der Waals surface area contributed by atoms with Gasteiger partial charge in [0.25, 0.3) is 0 Å². The molecule has 2 aliphatic heterocycles. The van der Waals surface area contributed by atoms with Gasteiger partial charge in [-0.25, -0.2) is 0 Å². The van der Waals surface area contributed by atoms with E-state index in [1.54, 1.807) is 16.7 Å². The van der Waals surface area contributed by atoms with Gasteiger partial charge < -0.3 is 9.80 Å². The Morgan fingerprint density at radius 2 is 2.33 bits per heavy atom. The van der Waals surface area contributed by atoms with Gasteiger partial charge in [-0.15, -0.1) is 11.8 Å². The Balaban J connectivity index is 2.15. The first-order chi connectivity index (χ1) is 8.40. The number of hydrogen-bond acceptors (Lipinski definition) is 3. The summed E-state index contributed by atoms with van der Waals surface area (Å²) in [5.41, 5.74) is 0. The number of carbonyl (C=O) groups excluding carboxylic acids is 2. The lowest BCUT2D eigenvalue weighted by molar-refractivity contribution is -0.144. The molecule has 0 aliphatic carbocycles. The van der Waals surface area contributed by atoms with Gasteiger partial charge in [0.2, 0.25) is 11.8 Å². The van der Waals surface area contributed by atoms with Gasteiger partial charge in [-0.05, 0) is 26.7 Å². The zero-order valence-electron chi connectivity index (χ0n) is 11.6. The van der Waals surface area contributed by atoms with E-state index in [2.05, 4.69) is 13.8 Å². The van der Waals surface area contributed by atoms with Crippen LogP contribution in [0.2, 0.25) is 0 Å². The van der Waals surface area contributed by atoms with Gasteiger partial charge in [0, 0.05) is 25.3 Å². The number of fused-ring (bicyclic) bond motifs is 1. The average Bonchev–Trinajstić information content (AvgIpc) is 2.84. The van der Waals surface area contributed by atoms with Crippen LogP contribution in [0.25, 0.3) is 0 Å². The number of likely N-dealkylation sites (N-methyl/N-ethyl adjacent to an activating group) is 1. The standard InChI is InChI=1S/C13H22N2O2S/c1-5-9(2)14(4)12(17)10-8-18-13(3)7-6-11(16)15(10)13/h9-10H,5-8H2,1-4H3. The molecule has 0 aromatic carbocycles. The van der Waals surface area contributed by atoms with Crippen molar-refractivity contribution in [3.63, 3.8) is 0 Å². The Morgan fingerprint density at radius 1 is 1.67 bits per heavy atom. The number of nitrogens with zero attached hydrogens (tertiary/aromatic N) is 2. The second-order valence-corrected chi connectivity index (χ2v) is 6.97. The highest BCUT2D eigenvalue weighted by atomic mass is 32.2. The van der Waals surface area contributed by atoms with Gasteiger partial charge in [-0.2, -0.15) is 0 Å². The Bertz CT molecular complexity index is 374. The molecule has 2 fully saturated rings. The lowest BCUT2D eigenvalue weighted by Gasteiger charge is -2.33. The van der Waals surface area contributed by atoms with E-state index >= 15 is 0 Å². The molecule has 0 aromatic heterocycles. The lowest BCUT2D eigenvalue weighted by Crippen LogP contribution is -2.52. The van der Waals surface area contributed by atoms with E-state index in [0.717, 1.165) is 18.6 Å². The first-order valence-corrected chi connectivity index (χ1v) is 7.62. The first-order valence-electron chi connectivity index (χ1n) is 6.63. The van der Waals surface area contributed by atoms with Crippen molar-refractivity contribution >= 4 is 23.6 Å². The molecule has 5 heteroatoms. The smallest absolute Gasteiger partial charge is 0.246 e. The van der Waals surface area contributed by atoms with E-state index in [9.17, 15) is 9.59 Å². The van der Waals surface area contributed by atoms with E-state index in [1.807, 2.05) is 18.9 Å². The molecule has 4 nitrogen and oxygen atoms in total. The minimum atomic E-state index is -0.256. The molecule has 3 unspecified atom stereocenters.